The van der Waals surface area contributed by atoms with E-state index in [1.807, 2.05) is 42.5 Å². The maximum absolute atomic E-state index is 13.3. The number of aryl methyl sites for hydroxylation is 1. The maximum atomic E-state index is 13.3. The first-order chi connectivity index (χ1) is 12.7. The molecule has 2 atom stereocenters. The Labute approximate surface area is 157 Å². The minimum atomic E-state index is -0.243. The first-order valence-corrected chi connectivity index (χ1v) is 9.65. The number of benzene rings is 3. The van der Waals surface area contributed by atoms with Gasteiger partial charge in [-0.2, -0.15) is 0 Å². The quantitative estimate of drug-likeness (QED) is 0.554. The predicted molar refractivity (Wildman–Crippen MR) is 107 cm³/mol. The van der Waals surface area contributed by atoms with Gasteiger partial charge in [0.1, 0.15) is 0 Å². The number of hydrogen-bond acceptors (Lipinski definition) is 3. The fourth-order valence-electron chi connectivity index (χ4n) is 3.79. The molecule has 0 spiro atoms. The smallest absolute Gasteiger partial charge is 0.174 e. The summed E-state index contributed by atoms with van der Waals surface area (Å²) in [5, 5.41) is 0.0258. The Hall–Kier alpha value is -2.65. The van der Waals surface area contributed by atoms with Crippen LogP contribution >= 0.6 is 11.8 Å². The van der Waals surface area contributed by atoms with Crippen LogP contribution in [0, 0.1) is 12.8 Å². The van der Waals surface area contributed by atoms with Crippen molar-refractivity contribution < 1.29 is 4.79 Å². The summed E-state index contributed by atoms with van der Waals surface area (Å²) >= 11 is 1.75. The van der Waals surface area contributed by atoms with Gasteiger partial charge < -0.3 is 0 Å². The maximum Gasteiger partial charge on any atom is 0.174 e. The third kappa shape index (κ3) is 2.35. The van der Waals surface area contributed by atoms with Crippen LogP contribution in [0.25, 0.3) is 0 Å². The standard InChI is InChI=1S/C23H17NOS/c1-14-10-12-15(13-11-14)23-20-21(16-6-2-3-7-17(16)22(20)25)24-18-8-4-5-9-19(18)26-23/h2-13,20,23H,1H3/t20-,23-/m1/s1. The molecule has 2 aliphatic rings. The van der Waals surface area contributed by atoms with Gasteiger partial charge >= 0.3 is 0 Å². The van der Waals surface area contributed by atoms with Gasteiger partial charge in [0, 0.05) is 16.0 Å². The van der Waals surface area contributed by atoms with Crippen molar-refractivity contribution in [2.75, 3.05) is 0 Å². The van der Waals surface area contributed by atoms with Crippen LogP contribution in [-0.4, -0.2) is 11.5 Å². The van der Waals surface area contributed by atoms with Gasteiger partial charge in [-0.05, 0) is 24.6 Å². The number of thioether (sulfide) groups is 1. The Kier molecular flexibility index (Phi) is 3.57. The lowest BCUT2D eigenvalue weighted by Crippen LogP contribution is -2.21. The molecule has 26 heavy (non-hydrogen) atoms. The minimum absolute atomic E-state index is 0.0258. The number of rotatable bonds is 1. The molecule has 0 radical (unpaired) electrons. The van der Waals surface area contributed by atoms with Gasteiger partial charge in [0.25, 0.3) is 0 Å². The number of hydrogen-bond donors (Lipinski definition) is 0. The molecule has 0 saturated heterocycles. The van der Waals surface area contributed by atoms with Crippen molar-refractivity contribution in [2.24, 2.45) is 10.9 Å². The molecule has 0 saturated carbocycles. The van der Waals surface area contributed by atoms with Crippen LogP contribution in [0.15, 0.2) is 82.7 Å². The molecule has 0 fully saturated rings. The lowest BCUT2D eigenvalue weighted by molar-refractivity contribution is 0.0960. The van der Waals surface area contributed by atoms with E-state index in [0.29, 0.717) is 0 Å². The molecule has 2 nitrogen and oxygen atoms in total. The van der Waals surface area contributed by atoms with Crippen molar-refractivity contribution in [3.05, 3.63) is 95.1 Å². The van der Waals surface area contributed by atoms with E-state index in [1.54, 1.807) is 11.8 Å². The van der Waals surface area contributed by atoms with Crippen molar-refractivity contribution in [2.45, 2.75) is 17.1 Å². The summed E-state index contributed by atoms with van der Waals surface area (Å²) in [7, 11) is 0. The second kappa shape index (κ2) is 5.96. The second-order valence-electron chi connectivity index (χ2n) is 6.80. The van der Waals surface area contributed by atoms with Gasteiger partial charge in [0.05, 0.1) is 22.6 Å². The highest BCUT2D eigenvalue weighted by atomic mass is 32.2. The highest BCUT2D eigenvalue weighted by molar-refractivity contribution is 7.99. The minimum Gasteiger partial charge on any atom is -0.293 e. The van der Waals surface area contributed by atoms with E-state index in [-0.39, 0.29) is 17.0 Å². The molecule has 3 heteroatoms. The molecular weight excluding hydrogens is 338 g/mol. The van der Waals surface area contributed by atoms with E-state index < -0.39 is 0 Å². The van der Waals surface area contributed by atoms with E-state index >= 15 is 0 Å². The van der Waals surface area contributed by atoms with Gasteiger partial charge in [0.2, 0.25) is 0 Å². The van der Waals surface area contributed by atoms with Crippen molar-refractivity contribution in [3.63, 3.8) is 0 Å². The Morgan fingerprint density at radius 3 is 2.35 bits per heavy atom. The lowest BCUT2D eigenvalue weighted by Gasteiger charge is -2.21. The fourth-order valence-corrected chi connectivity index (χ4v) is 5.14. The zero-order chi connectivity index (χ0) is 17.7. The second-order valence-corrected chi connectivity index (χ2v) is 7.98. The molecule has 1 heterocycles. The van der Waals surface area contributed by atoms with E-state index in [9.17, 15) is 4.79 Å². The van der Waals surface area contributed by atoms with Crippen LogP contribution in [0.2, 0.25) is 0 Å². The lowest BCUT2D eigenvalue weighted by atomic mass is 9.93. The van der Waals surface area contributed by atoms with Crippen LogP contribution in [0.1, 0.15) is 32.3 Å². The average Bonchev–Trinajstić information content (AvgIpc) is 2.84. The summed E-state index contributed by atoms with van der Waals surface area (Å²) in [6.07, 6.45) is 0. The molecule has 3 aromatic rings. The Balaban J connectivity index is 1.75. The largest absolute Gasteiger partial charge is 0.293 e. The molecule has 1 aliphatic heterocycles. The number of carbonyl (C=O) groups excluding carboxylic acids is 1. The molecule has 0 bridgehead atoms. The zero-order valence-electron chi connectivity index (χ0n) is 14.3. The SMILES string of the molecule is Cc1ccc([C@H]2Sc3ccccc3N=C3c4ccccc4C(=O)[C@@H]32)cc1. The van der Waals surface area contributed by atoms with Crippen molar-refractivity contribution in [3.8, 4) is 0 Å². The Bertz CT molecular complexity index is 1050. The van der Waals surface area contributed by atoms with Crippen LogP contribution in [0.5, 0.6) is 0 Å². The van der Waals surface area contributed by atoms with E-state index in [2.05, 4.69) is 37.3 Å². The third-order valence-corrected chi connectivity index (χ3v) is 6.51. The summed E-state index contributed by atoms with van der Waals surface area (Å²) < 4.78 is 0. The van der Waals surface area contributed by atoms with Gasteiger partial charge in [0.15, 0.2) is 5.78 Å². The summed E-state index contributed by atoms with van der Waals surface area (Å²) in [5.41, 5.74) is 6.05. The van der Waals surface area contributed by atoms with Crippen LogP contribution in [-0.2, 0) is 0 Å². The van der Waals surface area contributed by atoms with Gasteiger partial charge in [-0.3, -0.25) is 9.79 Å². The molecule has 126 valence electrons. The zero-order valence-corrected chi connectivity index (χ0v) is 15.2. The number of ketones is 1. The highest BCUT2D eigenvalue weighted by Gasteiger charge is 2.44. The first kappa shape index (κ1) is 15.6. The Morgan fingerprint density at radius 1 is 0.846 bits per heavy atom. The number of Topliss-reactive ketones (excluding diaryl/α,β-unsaturated/α-hetero) is 1. The molecule has 0 N–H and O–H groups in total. The summed E-state index contributed by atoms with van der Waals surface area (Å²) in [5.74, 6) is -0.0577. The molecular formula is C23H17NOS. The van der Waals surface area contributed by atoms with E-state index in [1.165, 1.54) is 11.1 Å². The molecule has 0 unspecified atom stereocenters. The van der Waals surface area contributed by atoms with E-state index in [0.717, 1.165) is 27.4 Å². The number of nitrogens with zero attached hydrogens (tertiary/aromatic N) is 1. The van der Waals surface area contributed by atoms with Crippen LogP contribution in [0.3, 0.4) is 0 Å². The topological polar surface area (TPSA) is 29.4 Å². The third-order valence-electron chi connectivity index (χ3n) is 5.11. The summed E-state index contributed by atoms with van der Waals surface area (Å²) in [6.45, 7) is 2.09. The van der Waals surface area contributed by atoms with Gasteiger partial charge in [-0.25, -0.2) is 0 Å². The average molecular weight is 355 g/mol. The summed E-state index contributed by atoms with van der Waals surface area (Å²) in [6, 6.07) is 24.6. The molecule has 0 aromatic heterocycles. The molecule has 1 aliphatic carbocycles. The van der Waals surface area contributed by atoms with Crippen molar-refractivity contribution in [1.29, 1.82) is 0 Å². The van der Waals surface area contributed by atoms with Crippen molar-refractivity contribution in [1.82, 2.24) is 0 Å². The number of aliphatic imine (C=N–C) groups is 1. The van der Waals surface area contributed by atoms with Gasteiger partial charge in [-0.15, -0.1) is 11.8 Å². The molecule has 5 rings (SSSR count). The number of fused-ring (bicyclic) bond motifs is 4. The van der Waals surface area contributed by atoms with E-state index in [4.69, 9.17) is 4.99 Å². The summed E-state index contributed by atoms with van der Waals surface area (Å²) in [4.78, 5) is 19.4. The van der Waals surface area contributed by atoms with Crippen LogP contribution in [0.4, 0.5) is 5.69 Å². The van der Waals surface area contributed by atoms with Gasteiger partial charge in [-0.1, -0.05) is 66.2 Å². The normalized spacial score (nSPS) is 20.7. The highest BCUT2D eigenvalue weighted by Crippen LogP contribution is 2.51. The monoisotopic (exact) mass is 355 g/mol. The fraction of sp³-hybridized carbons (Fsp3) is 0.130. The number of carbonyl (C=O) groups is 1. The Morgan fingerprint density at radius 2 is 1.54 bits per heavy atom. The molecule has 0 amide bonds. The number of para-hydroxylation sites is 1. The van der Waals surface area contributed by atoms with Crippen LogP contribution < -0.4 is 0 Å². The molecule has 3 aromatic carbocycles. The van der Waals surface area contributed by atoms with Crippen molar-refractivity contribution >= 4 is 28.9 Å². The predicted octanol–water partition coefficient (Wildman–Crippen LogP) is 5.78. The first-order valence-electron chi connectivity index (χ1n) is 8.77.